The number of carbonyl (C=O) groups is 1. The zero-order chi connectivity index (χ0) is 41.0. The summed E-state index contributed by atoms with van der Waals surface area (Å²) in [4.78, 5) is 18.8. The Hall–Kier alpha value is -2.67. The summed E-state index contributed by atoms with van der Waals surface area (Å²) in [5, 5.41) is 3.75. The smallest absolute Gasteiger partial charge is 0.264 e. The Kier molecular flexibility index (Phi) is 14.4. The first-order valence-electron chi connectivity index (χ1n) is 21.4. The van der Waals surface area contributed by atoms with Crippen LogP contribution in [0.15, 0.2) is 48.6 Å². The molecule has 10 nitrogen and oxygen atoms in total. The minimum Gasteiger partial charge on any atom is -0.490 e. The molecule has 2 aliphatic heterocycles. The summed E-state index contributed by atoms with van der Waals surface area (Å²) in [5.41, 5.74) is 2.76. The number of hydrogen-bond acceptors (Lipinski definition) is 9. The van der Waals surface area contributed by atoms with Gasteiger partial charge in [-0.15, -0.1) is 0 Å². The monoisotopic (exact) mass is 826 g/mol. The maximum absolute atomic E-state index is 14.1. The second-order valence-corrected chi connectivity index (χ2v) is 19.8. The van der Waals surface area contributed by atoms with Gasteiger partial charge in [-0.2, -0.15) is 0 Å². The van der Waals surface area contributed by atoms with E-state index >= 15 is 0 Å². The molecule has 0 radical (unpaired) electrons. The zero-order valence-electron chi connectivity index (χ0n) is 35.3. The van der Waals surface area contributed by atoms with Crippen molar-refractivity contribution in [3.63, 3.8) is 0 Å². The number of methoxy groups -OCH3 is 1. The number of ether oxygens (including phenoxy) is 3. The first-order chi connectivity index (χ1) is 27.3. The van der Waals surface area contributed by atoms with Gasteiger partial charge >= 0.3 is 0 Å². The van der Waals surface area contributed by atoms with Crippen molar-refractivity contribution in [3.05, 3.63) is 70.3 Å². The summed E-state index contributed by atoms with van der Waals surface area (Å²) in [6, 6.07) is 12.4. The van der Waals surface area contributed by atoms with Crippen LogP contribution in [-0.2, 0) is 31.3 Å². The van der Waals surface area contributed by atoms with E-state index in [0.29, 0.717) is 56.5 Å². The number of anilines is 1. The summed E-state index contributed by atoms with van der Waals surface area (Å²) in [6.45, 7) is 18.2. The van der Waals surface area contributed by atoms with Crippen molar-refractivity contribution in [1.82, 2.24) is 14.9 Å². The van der Waals surface area contributed by atoms with E-state index in [0.717, 1.165) is 62.4 Å². The van der Waals surface area contributed by atoms with Crippen LogP contribution in [0.2, 0.25) is 5.02 Å². The molecule has 2 bridgehead atoms. The number of amides is 1. The Morgan fingerprint density at radius 1 is 1.14 bits per heavy atom. The van der Waals surface area contributed by atoms with E-state index in [1.165, 1.54) is 11.1 Å². The fraction of sp³-hybridized carbons (Fsp3) is 0.667. The molecule has 2 aliphatic carbocycles. The molecular formula is C45H67ClN4O6S. The molecule has 2 N–H and O–H groups in total. The number of aryl methyl sites for hydroxylation is 1. The lowest BCUT2D eigenvalue weighted by Crippen LogP contribution is -2.57. The number of rotatable bonds is 12. The van der Waals surface area contributed by atoms with Crippen LogP contribution in [0.1, 0.15) is 102 Å². The summed E-state index contributed by atoms with van der Waals surface area (Å²) in [7, 11) is -2.51. The summed E-state index contributed by atoms with van der Waals surface area (Å²) in [6.07, 6.45) is 10.2. The number of benzene rings is 2. The minimum absolute atomic E-state index is 0.215. The highest BCUT2D eigenvalue weighted by Gasteiger charge is 2.49. The molecule has 4 aliphatic rings. The van der Waals surface area contributed by atoms with Gasteiger partial charge in [0, 0.05) is 74.6 Å². The van der Waals surface area contributed by atoms with Crippen molar-refractivity contribution in [3.8, 4) is 5.75 Å². The van der Waals surface area contributed by atoms with Crippen LogP contribution in [0.25, 0.3) is 0 Å². The molecule has 0 aromatic heterocycles. The van der Waals surface area contributed by atoms with Crippen LogP contribution in [0.5, 0.6) is 5.75 Å². The number of allylic oxidation sites excluding steroid dienone is 1. The van der Waals surface area contributed by atoms with Gasteiger partial charge in [-0.25, -0.2) is 13.1 Å². The molecule has 1 spiro atoms. The van der Waals surface area contributed by atoms with Crippen LogP contribution in [-0.4, -0.2) is 102 Å². The predicted octanol–water partition coefficient (Wildman–Crippen LogP) is 7.38. The summed E-state index contributed by atoms with van der Waals surface area (Å²) in [5.74, 6) is 0.296. The van der Waals surface area contributed by atoms with E-state index in [4.69, 9.17) is 25.8 Å². The molecule has 2 aromatic rings. The van der Waals surface area contributed by atoms with Crippen molar-refractivity contribution in [2.45, 2.75) is 115 Å². The van der Waals surface area contributed by atoms with Crippen molar-refractivity contribution >= 4 is 33.2 Å². The van der Waals surface area contributed by atoms with E-state index < -0.39 is 26.8 Å². The van der Waals surface area contributed by atoms with Crippen molar-refractivity contribution in [2.24, 2.45) is 17.8 Å². The normalized spacial score (nSPS) is 29.8. The number of fused-ring (bicyclic) bond motifs is 4. The molecule has 0 unspecified atom stereocenters. The maximum Gasteiger partial charge on any atom is 0.264 e. The molecule has 12 heteroatoms. The van der Waals surface area contributed by atoms with Gasteiger partial charge in [0.15, 0.2) is 0 Å². The van der Waals surface area contributed by atoms with Crippen LogP contribution < -0.4 is 19.7 Å². The fourth-order valence-electron chi connectivity index (χ4n) is 10.4. The average Bonchev–Trinajstić information content (AvgIpc) is 3.29. The van der Waals surface area contributed by atoms with Gasteiger partial charge < -0.3 is 24.4 Å². The number of hydrogen-bond donors (Lipinski definition) is 2. The number of nitrogens with zero attached hydrogens (tertiary/aromatic N) is 2. The van der Waals surface area contributed by atoms with Crippen molar-refractivity contribution < 1.29 is 27.4 Å². The van der Waals surface area contributed by atoms with Crippen molar-refractivity contribution in [1.29, 1.82) is 0 Å². The molecule has 57 heavy (non-hydrogen) atoms. The van der Waals surface area contributed by atoms with Crippen LogP contribution in [0, 0.1) is 17.8 Å². The second kappa shape index (κ2) is 18.7. The number of likely N-dealkylation sites (N-methyl/N-ethyl adjacent to an activating group) is 1. The Bertz CT molecular complexity index is 1840. The van der Waals surface area contributed by atoms with Crippen molar-refractivity contribution in [2.75, 3.05) is 64.6 Å². The van der Waals surface area contributed by atoms with E-state index in [1.807, 2.05) is 25.1 Å². The Balaban J connectivity index is 1.43. The number of sulfonamides is 1. The van der Waals surface area contributed by atoms with Gasteiger partial charge in [-0.1, -0.05) is 43.7 Å². The van der Waals surface area contributed by atoms with Gasteiger partial charge in [-0.3, -0.25) is 9.69 Å². The SMILES string of the molecule is CCO[C@]1(CNC[C@@H](C)N(CC)C(C)C)/C=C/C[C@H](C)[C@@H](CCOC)S(=O)(=O)NC(=O)c2ccc3c(c2)N(C[C@@H]2CC[C@H]21)C[C@@]1(CCCc2cc(Cl)ccc21)CO3. The summed E-state index contributed by atoms with van der Waals surface area (Å²) >= 11 is 6.53. The highest BCUT2D eigenvalue weighted by Crippen LogP contribution is 2.49. The molecule has 6 rings (SSSR count). The number of halogens is 1. The molecule has 7 atom stereocenters. The van der Waals surface area contributed by atoms with Crippen LogP contribution >= 0.6 is 11.6 Å². The summed E-state index contributed by atoms with van der Waals surface area (Å²) < 4.78 is 49.7. The molecule has 1 fully saturated rings. The topological polar surface area (TPSA) is 109 Å². The lowest BCUT2D eigenvalue weighted by molar-refractivity contribution is -0.0926. The van der Waals surface area contributed by atoms with E-state index in [9.17, 15) is 13.2 Å². The molecule has 1 amide bonds. The highest BCUT2D eigenvalue weighted by molar-refractivity contribution is 7.90. The third kappa shape index (κ3) is 9.55. The van der Waals surface area contributed by atoms with E-state index in [1.54, 1.807) is 13.2 Å². The third-order valence-corrected chi connectivity index (χ3v) is 15.6. The number of carbonyl (C=O) groups excluding carboxylic acids is 1. The average molecular weight is 828 g/mol. The largest absolute Gasteiger partial charge is 0.490 e. The Morgan fingerprint density at radius 3 is 2.65 bits per heavy atom. The standard InChI is InChI=1S/C45H67ClN4O6S/c1-8-50(31(3)4)33(6)26-47-28-45(56-9-2)22-10-12-32(5)42(20-23-54-7)57(52,53)48-43(51)35-15-19-41-40(25-35)49(27-36-14-17-39(36)45)29-44(30-55-41)21-11-13-34-24-37(46)16-18-38(34)44/h10,15-16,18-19,22,24-25,31-33,36,39,42,47H,8-9,11-14,17,20-21,23,26-30H2,1-7H3,(H,48,51)/b22-10+/t32-,33+,36-,39+,42+,44-,45-/m0/s1. The Morgan fingerprint density at radius 2 is 1.95 bits per heavy atom. The second-order valence-electron chi connectivity index (χ2n) is 17.4. The molecular weight excluding hydrogens is 760 g/mol. The fourth-order valence-corrected chi connectivity index (χ4v) is 12.3. The molecule has 2 heterocycles. The number of nitrogens with one attached hydrogen (secondary N) is 2. The first-order valence-corrected chi connectivity index (χ1v) is 23.3. The minimum atomic E-state index is -4.08. The zero-order valence-corrected chi connectivity index (χ0v) is 36.9. The molecule has 2 aromatic carbocycles. The van der Waals surface area contributed by atoms with E-state index in [2.05, 4.69) is 78.7 Å². The van der Waals surface area contributed by atoms with Gasteiger partial charge in [0.25, 0.3) is 5.91 Å². The Labute approximate surface area is 347 Å². The van der Waals surface area contributed by atoms with Crippen LogP contribution in [0.3, 0.4) is 0 Å². The maximum atomic E-state index is 14.1. The molecule has 1 saturated carbocycles. The first kappa shape index (κ1) is 43.9. The van der Waals surface area contributed by atoms with Gasteiger partial charge in [0.05, 0.1) is 17.5 Å². The third-order valence-electron chi connectivity index (χ3n) is 13.4. The van der Waals surface area contributed by atoms with Crippen LogP contribution in [0.4, 0.5) is 5.69 Å². The lowest BCUT2D eigenvalue weighted by Gasteiger charge is -2.51. The quantitative estimate of drug-likeness (QED) is 0.212. The predicted molar refractivity (Wildman–Crippen MR) is 230 cm³/mol. The van der Waals surface area contributed by atoms with Gasteiger partial charge in [0.2, 0.25) is 10.0 Å². The van der Waals surface area contributed by atoms with Gasteiger partial charge in [-0.05, 0) is 138 Å². The molecule has 316 valence electrons. The van der Waals surface area contributed by atoms with E-state index in [-0.39, 0.29) is 35.8 Å². The highest BCUT2D eigenvalue weighted by atomic mass is 35.5. The lowest BCUT2D eigenvalue weighted by atomic mass is 9.63. The molecule has 0 saturated heterocycles. The van der Waals surface area contributed by atoms with Gasteiger partial charge in [0.1, 0.15) is 11.4 Å².